The Hall–Kier alpha value is -1.54. The summed E-state index contributed by atoms with van der Waals surface area (Å²) < 4.78 is 45.8. The van der Waals surface area contributed by atoms with E-state index in [9.17, 15) is 22.8 Å². The standard InChI is InChI=1S/C19H12Cl3F3O3S/c1-28-18(27)17-10-4-2-3-9(10)16(29-17)14(26)7-11(19(23,24)25)8-5-12(20)15(22)13(21)6-8/h5-7H,2-4H2,1H3. The van der Waals surface area contributed by atoms with Crippen molar-refractivity contribution < 1.29 is 27.5 Å². The Morgan fingerprint density at radius 2 is 1.62 bits per heavy atom. The van der Waals surface area contributed by atoms with Crippen molar-refractivity contribution in [2.24, 2.45) is 0 Å². The van der Waals surface area contributed by atoms with Crippen molar-refractivity contribution >= 4 is 63.5 Å². The van der Waals surface area contributed by atoms with Gasteiger partial charge in [-0.2, -0.15) is 13.2 Å². The van der Waals surface area contributed by atoms with Gasteiger partial charge in [0.1, 0.15) is 4.88 Å². The van der Waals surface area contributed by atoms with Crippen LogP contribution in [0.5, 0.6) is 0 Å². The number of rotatable bonds is 4. The van der Waals surface area contributed by atoms with Gasteiger partial charge >= 0.3 is 12.1 Å². The normalized spacial score (nSPS) is 14.1. The summed E-state index contributed by atoms with van der Waals surface area (Å²) in [5.74, 6) is -1.46. The summed E-state index contributed by atoms with van der Waals surface area (Å²) in [5.41, 5.74) is -0.315. The minimum absolute atomic E-state index is 0.0799. The zero-order chi connectivity index (χ0) is 21.5. The van der Waals surface area contributed by atoms with Crippen LogP contribution in [0.1, 0.15) is 42.5 Å². The monoisotopic (exact) mass is 482 g/mol. The van der Waals surface area contributed by atoms with Crippen LogP contribution in [0.15, 0.2) is 18.2 Å². The van der Waals surface area contributed by atoms with E-state index < -0.39 is 23.5 Å². The molecule has 154 valence electrons. The smallest absolute Gasteiger partial charge is 0.417 e. The van der Waals surface area contributed by atoms with Crippen LogP contribution in [0.25, 0.3) is 5.57 Å². The molecule has 0 unspecified atom stereocenters. The summed E-state index contributed by atoms with van der Waals surface area (Å²) in [6.07, 6.45) is -2.55. The average Bonchev–Trinajstić information content (AvgIpc) is 3.24. The summed E-state index contributed by atoms with van der Waals surface area (Å²) in [6.45, 7) is 0. The number of fused-ring (bicyclic) bond motifs is 1. The summed E-state index contributed by atoms with van der Waals surface area (Å²) >= 11 is 18.4. The van der Waals surface area contributed by atoms with Crippen molar-refractivity contribution in [2.45, 2.75) is 25.4 Å². The van der Waals surface area contributed by atoms with Crippen LogP contribution in [-0.4, -0.2) is 25.0 Å². The van der Waals surface area contributed by atoms with Gasteiger partial charge in [0.2, 0.25) is 0 Å². The zero-order valence-corrected chi connectivity index (χ0v) is 17.8. The molecule has 1 aliphatic carbocycles. The number of hydrogen-bond donors (Lipinski definition) is 0. The second kappa shape index (κ2) is 8.30. The molecule has 1 aliphatic rings. The molecule has 1 aromatic carbocycles. The summed E-state index contributed by atoms with van der Waals surface area (Å²) in [7, 11) is 1.21. The van der Waals surface area contributed by atoms with E-state index in [1.54, 1.807) is 0 Å². The van der Waals surface area contributed by atoms with E-state index in [4.69, 9.17) is 39.5 Å². The minimum Gasteiger partial charge on any atom is -0.465 e. The third-order valence-electron chi connectivity index (χ3n) is 4.44. The number of halogens is 6. The van der Waals surface area contributed by atoms with E-state index >= 15 is 0 Å². The van der Waals surface area contributed by atoms with Crippen LogP contribution in [0.3, 0.4) is 0 Å². The molecular formula is C19H12Cl3F3O3S. The highest BCUT2D eigenvalue weighted by atomic mass is 35.5. The molecule has 29 heavy (non-hydrogen) atoms. The first-order valence-electron chi connectivity index (χ1n) is 8.25. The Morgan fingerprint density at radius 3 is 2.14 bits per heavy atom. The summed E-state index contributed by atoms with van der Waals surface area (Å²) in [6, 6.07) is 2.00. The lowest BCUT2D eigenvalue weighted by Gasteiger charge is -2.13. The predicted octanol–water partition coefficient (Wildman–Crippen LogP) is 6.81. The number of ketones is 1. The molecule has 1 aromatic heterocycles. The molecule has 3 rings (SSSR count). The molecule has 0 saturated carbocycles. The van der Waals surface area contributed by atoms with Crippen LogP contribution in [0.2, 0.25) is 15.1 Å². The Morgan fingerprint density at radius 1 is 1.07 bits per heavy atom. The first-order chi connectivity index (χ1) is 13.5. The van der Waals surface area contributed by atoms with Crippen molar-refractivity contribution in [3.63, 3.8) is 0 Å². The first-order valence-corrected chi connectivity index (χ1v) is 10.2. The second-order valence-corrected chi connectivity index (χ2v) is 8.45. The Bertz CT molecular complexity index is 1020. The van der Waals surface area contributed by atoms with E-state index in [0.29, 0.717) is 36.5 Å². The van der Waals surface area contributed by atoms with Gasteiger partial charge in [-0.05, 0) is 54.2 Å². The lowest BCUT2D eigenvalue weighted by Crippen LogP contribution is -2.13. The third-order valence-corrected chi connectivity index (χ3v) is 6.91. The Balaban J connectivity index is 2.11. The van der Waals surface area contributed by atoms with Gasteiger partial charge in [-0.1, -0.05) is 34.8 Å². The average molecular weight is 484 g/mol. The fourth-order valence-corrected chi connectivity index (χ4v) is 4.99. The predicted molar refractivity (Wildman–Crippen MR) is 108 cm³/mol. The quantitative estimate of drug-likeness (QED) is 0.208. The van der Waals surface area contributed by atoms with Crippen LogP contribution >= 0.6 is 46.1 Å². The largest absolute Gasteiger partial charge is 0.465 e. The SMILES string of the molecule is COC(=O)c1sc(C(=O)C=C(c2cc(Cl)c(Cl)c(Cl)c2)C(F)(F)F)c2c1CCC2. The van der Waals surface area contributed by atoms with Gasteiger partial charge in [0.05, 0.1) is 32.6 Å². The number of methoxy groups -OCH3 is 1. The number of carbonyl (C=O) groups is 2. The number of alkyl halides is 3. The molecule has 0 saturated heterocycles. The topological polar surface area (TPSA) is 43.4 Å². The number of thiophene rings is 1. The maximum atomic E-state index is 13.7. The van der Waals surface area contributed by atoms with E-state index in [0.717, 1.165) is 23.5 Å². The number of allylic oxidation sites excluding steroid dienone is 2. The molecule has 10 heteroatoms. The number of benzene rings is 1. The van der Waals surface area contributed by atoms with Crippen molar-refractivity contribution in [3.05, 3.63) is 59.7 Å². The third kappa shape index (κ3) is 4.33. The summed E-state index contributed by atoms with van der Waals surface area (Å²) in [5, 5.41) is -0.410. The molecule has 0 amide bonds. The van der Waals surface area contributed by atoms with Crippen molar-refractivity contribution in [3.8, 4) is 0 Å². The Kier molecular flexibility index (Phi) is 6.34. The van der Waals surface area contributed by atoms with E-state index in [-0.39, 0.29) is 30.4 Å². The first kappa shape index (κ1) is 22.2. The number of hydrogen-bond acceptors (Lipinski definition) is 4. The van der Waals surface area contributed by atoms with Gasteiger partial charge in [-0.3, -0.25) is 4.79 Å². The lowest BCUT2D eigenvalue weighted by atomic mass is 10.0. The Labute approximate surface area is 183 Å². The second-order valence-electron chi connectivity index (χ2n) is 6.24. The van der Waals surface area contributed by atoms with E-state index in [1.807, 2.05) is 0 Å². The van der Waals surface area contributed by atoms with Crippen LogP contribution < -0.4 is 0 Å². The van der Waals surface area contributed by atoms with Crippen molar-refractivity contribution in [1.29, 1.82) is 0 Å². The molecular weight excluding hydrogens is 472 g/mol. The van der Waals surface area contributed by atoms with Gasteiger partial charge in [0, 0.05) is 0 Å². The molecule has 0 radical (unpaired) electrons. The van der Waals surface area contributed by atoms with Crippen molar-refractivity contribution in [2.75, 3.05) is 7.11 Å². The highest BCUT2D eigenvalue weighted by molar-refractivity contribution is 7.16. The van der Waals surface area contributed by atoms with Crippen LogP contribution in [0, 0.1) is 0 Å². The minimum atomic E-state index is -4.85. The lowest BCUT2D eigenvalue weighted by molar-refractivity contribution is -0.0689. The van der Waals surface area contributed by atoms with Gasteiger partial charge in [0.25, 0.3) is 0 Å². The number of carbonyl (C=O) groups excluding carboxylic acids is 2. The van der Waals surface area contributed by atoms with Crippen LogP contribution in [-0.2, 0) is 17.6 Å². The van der Waals surface area contributed by atoms with Gasteiger partial charge < -0.3 is 4.74 Å². The maximum Gasteiger partial charge on any atom is 0.417 e. The number of esters is 1. The molecule has 0 fully saturated rings. The van der Waals surface area contributed by atoms with E-state index in [1.165, 1.54) is 7.11 Å². The van der Waals surface area contributed by atoms with Gasteiger partial charge in [-0.15, -0.1) is 11.3 Å². The molecule has 0 atom stereocenters. The van der Waals surface area contributed by atoms with E-state index in [2.05, 4.69) is 0 Å². The molecule has 2 aromatic rings. The molecule has 0 N–H and O–H groups in total. The zero-order valence-electron chi connectivity index (χ0n) is 14.8. The highest BCUT2D eigenvalue weighted by Crippen LogP contribution is 2.41. The molecule has 0 spiro atoms. The molecule has 1 heterocycles. The highest BCUT2D eigenvalue weighted by Gasteiger charge is 2.37. The van der Waals surface area contributed by atoms with Gasteiger partial charge in [0.15, 0.2) is 5.78 Å². The maximum absolute atomic E-state index is 13.7. The van der Waals surface area contributed by atoms with Crippen LogP contribution in [0.4, 0.5) is 13.2 Å². The molecule has 0 bridgehead atoms. The fraction of sp³-hybridized carbons (Fsp3) is 0.263. The fourth-order valence-electron chi connectivity index (χ4n) is 3.16. The van der Waals surface area contributed by atoms with Crippen molar-refractivity contribution in [1.82, 2.24) is 0 Å². The van der Waals surface area contributed by atoms with Gasteiger partial charge in [-0.25, -0.2) is 4.79 Å². The molecule has 0 aliphatic heterocycles. The summed E-state index contributed by atoms with van der Waals surface area (Å²) in [4.78, 5) is 25.1. The number of ether oxygens (including phenoxy) is 1. The molecule has 3 nitrogen and oxygen atoms in total.